The van der Waals surface area contributed by atoms with E-state index in [9.17, 15) is 9.59 Å². The minimum Gasteiger partial charge on any atom is -0.462 e. The summed E-state index contributed by atoms with van der Waals surface area (Å²) in [6.07, 6.45) is -1.10. The van der Waals surface area contributed by atoms with Crippen LogP contribution in [-0.4, -0.2) is 29.7 Å². The summed E-state index contributed by atoms with van der Waals surface area (Å²) in [5.74, 6) is -0.966. The molecule has 17 heavy (non-hydrogen) atoms. The van der Waals surface area contributed by atoms with E-state index >= 15 is 0 Å². The number of benzene rings is 1. The zero-order valence-electron chi connectivity index (χ0n) is 9.77. The van der Waals surface area contributed by atoms with Crippen molar-refractivity contribution in [3.05, 3.63) is 29.8 Å². The Morgan fingerprint density at radius 2 is 2.18 bits per heavy atom. The molecule has 0 spiro atoms. The molecule has 0 saturated carbocycles. The fourth-order valence-corrected chi connectivity index (χ4v) is 1.19. The summed E-state index contributed by atoms with van der Waals surface area (Å²) < 4.78 is 4.83. The lowest BCUT2D eigenvalue weighted by atomic mass is 10.2. The normalized spacial score (nSPS) is 11.7. The van der Waals surface area contributed by atoms with E-state index < -0.39 is 18.0 Å². The van der Waals surface area contributed by atoms with Gasteiger partial charge in [0.1, 0.15) is 6.10 Å². The van der Waals surface area contributed by atoms with Crippen LogP contribution in [0.25, 0.3) is 0 Å². The number of carbonyl (C=O) groups is 2. The Labute approximate surface area is 99.4 Å². The molecule has 1 aromatic carbocycles. The molecule has 0 fully saturated rings. The second kappa shape index (κ2) is 6.00. The lowest BCUT2D eigenvalue weighted by Gasteiger charge is -2.08. The van der Waals surface area contributed by atoms with E-state index in [4.69, 9.17) is 9.84 Å². The summed E-state index contributed by atoms with van der Waals surface area (Å²) in [6.45, 7) is 3.38. The standard InChI is InChI=1S/C12H15NO4/c1-3-17-12(16)9-5-4-6-10(7-9)13-11(15)8(2)14/h4-8,14H,3H2,1-2H3,(H,13,15)/t8-/m0/s1. The summed E-state index contributed by atoms with van der Waals surface area (Å²) in [6, 6.07) is 6.35. The topological polar surface area (TPSA) is 75.6 Å². The van der Waals surface area contributed by atoms with Crippen molar-refractivity contribution in [1.29, 1.82) is 0 Å². The number of nitrogens with one attached hydrogen (secondary N) is 1. The average molecular weight is 237 g/mol. The summed E-state index contributed by atoms with van der Waals surface area (Å²) in [5, 5.41) is 11.5. The van der Waals surface area contributed by atoms with E-state index in [2.05, 4.69) is 5.32 Å². The van der Waals surface area contributed by atoms with Crippen LogP contribution in [-0.2, 0) is 9.53 Å². The van der Waals surface area contributed by atoms with Crippen molar-refractivity contribution in [2.24, 2.45) is 0 Å². The summed E-state index contributed by atoms with van der Waals surface area (Å²) >= 11 is 0. The first-order valence-electron chi connectivity index (χ1n) is 5.30. The Bertz CT molecular complexity index is 415. The first-order valence-corrected chi connectivity index (χ1v) is 5.30. The van der Waals surface area contributed by atoms with Gasteiger partial charge in [-0.3, -0.25) is 4.79 Å². The van der Waals surface area contributed by atoms with Gasteiger partial charge < -0.3 is 15.2 Å². The fourth-order valence-electron chi connectivity index (χ4n) is 1.19. The number of esters is 1. The molecule has 1 rings (SSSR count). The molecular formula is C12H15NO4. The summed E-state index contributed by atoms with van der Waals surface area (Å²) in [4.78, 5) is 22.7. The lowest BCUT2D eigenvalue weighted by molar-refractivity contribution is -0.123. The number of ether oxygens (including phenoxy) is 1. The zero-order valence-corrected chi connectivity index (χ0v) is 9.77. The van der Waals surface area contributed by atoms with Gasteiger partial charge in [0.25, 0.3) is 5.91 Å². The number of amides is 1. The summed E-state index contributed by atoms with van der Waals surface area (Å²) in [7, 11) is 0. The summed E-state index contributed by atoms with van der Waals surface area (Å²) in [5.41, 5.74) is 0.802. The van der Waals surface area contributed by atoms with Gasteiger partial charge in [-0.15, -0.1) is 0 Å². The van der Waals surface area contributed by atoms with Crippen LogP contribution in [0.5, 0.6) is 0 Å². The van der Waals surface area contributed by atoms with Crippen molar-refractivity contribution in [3.63, 3.8) is 0 Å². The van der Waals surface area contributed by atoms with E-state index in [0.29, 0.717) is 17.9 Å². The monoisotopic (exact) mass is 237 g/mol. The highest BCUT2D eigenvalue weighted by Gasteiger charge is 2.11. The number of hydrogen-bond acceptors (Lipinski definition) is 4. The maximum atomic E-state index is 11.4. The molecule has 0 aliphatic heterocycles. The van der Waals surface area contributed by atoms with Gasteiger partial charge in [-0.2, -0.15) is 0 Å². The second-order valence-corrected chi connectivity index (χ2v) is 3.47. The van der Waals surface area contributed by atoms with Crippen LogP contribution in [0.4, 0.5) is 5.69 Å². The molecule has 1 atom stereocenters. The van der Waals surface area contributed by atoms with Crippen molar-refractivity contribution in [1.82, 2.24) is 0 Å². The molecule has 0 aliphatic carbocycles. The third kappa shape index (κ3) is 3.88. The molecule has 0 saturated heterocycles. The quantitative estimate of drug-likeness (QED) is 0.771. The highest BCUT2D eigenvalue weighted by molar-refractivity contribution is 5.96. The van der Waals surface area contributed by atoms with E-state index in [1.54, 1.807) is 25.1 Å². The van der Waals surface area contributed by atoms with Crippen LogP contribution in [0.3, 0.4) is 0 Å². The van der Waals surface area contributed by atoms with Gasteiger partial charge in [0.05, 0.1) is 12.2 Å². The van der Waals surface area contributed by atoms with Crippen molar-refractivity contribution in [3.8, 4) is 0 Å². The average Bonchev–Trinajstić information content (AvgIpc) is 2.29. The molecule has 0 radical (unpaired) electrons. The molecule has 5 heteroatoms. The van der Waals surface area contributed by atoms with E-state index in [0.717, 1.165) is 0 Å². The molecule has 0 aromatic heterocycles. The van der Waals surface area contributed by atoms with Crippen LogP contribution in [0.1, 0.15) is 24.2 Å². The van der Waals surface area contributed by atoms with Gasteiger partial charge in [-0.05, 0) is 32.0 Å². The number of hydrogen-bond donors (Lipinski definition) is 2. The lowest BCUT2D eigenvalue weighted by Crippen LogP contribution is -2.24. The number of rotatable bonds is 4. The van der Waals surface area contributed by atoms with Crippen LogP contribution in [0.2, 0.25) is 0 Å². The maximum absolute atomic E-state index is 11.4. The largest absolute Gasteiger partial charge is 0.462 e. The van der Waals surface area contributed by atoms with Gasteiger partial charge in [0.2, 0.25) is 0 Å². The molecule has 92 valence electrons. The molecule has 1 aromatic rings. The highest BCUT2D eigenvalue weighted by atomic mass is 16.5. The van der Waals surface area contributed by atoms with E-state index in [1.807, 2.05) is 0 Å². The predicted octanol–water partition coefficient (Wildman–Crippen LogP) is 1.18. The SMILES string of the molecule is CCOC(=O)c1cccc(NC(=O)[C@H](C)O)c1. The van der Waals surface area contributed by atoms with Crippen molar-refractivity contribution in [2.45, 2.75) is 20.0 Å². The minimum atomic E-state index is -1.10. The highest BCUT2D eigenvalue weighted by Crippen LogP contribution is 2.12. The molecule has 2 N–H and O–H groups in total. The zero-order chi connectivity index (χ0) is 12.8. The second-order valence-electron chi connectivity index (χ2n) is 3.47. The van der Waals surface area contributed by atoms with E-state index in [1.165, 1.54) is 13.0 Å². The van der Waals surface area contributed by atoms with E-state index in [-0.39, 0.29) is 0 Å². The first kappa shape index (κ1) is 13.2. The van der Waals surface area contributed by atoms with Gasteiger partial charge in [0.15, 0.2) is 0 Å². The number of carbonyl (C=O) groups excluding carboxylic acids is 2. The van der Waals surface area contributed by atoms with Gasteiger partial charge in [-0.25, -0.2) is 4.79 Å². The third-order valence-corrected chi connectivity index (χ3v) is 2.02. The molecule has 1 amide bonds. The van der Waals surface area contributed by atoms with Gasteiger partial charge >= 0.3 is 5.97 Å². The van der Waals surface area contributed by atoms with Crippen LogP contribution < -0.4 is 5.32 Å². The van der Waals surface area contributed by atoms with Gasteiger partial charge in [-0.1, -0.05) is 6.07 Å². The van der Waals surface area contributed by atoms with Crippen LogP contribution in [0, 0.1) is 0 Å². The van der Waals surface area contributed by atoms with Gasteiger partial charge in [0, 0.05) is 5.69 Å². The Morgan fingerprint density at radius 3 is 2.76 bits per heavy atom. The fraction of sp³-hybridized carbons (Fsp3) is 0.333. The number of anilines is 1. The Kier molecular flexibility index (Phi) is 4.66. The smallest absolute Gasteiger partial charge is 0.338 e. The predicted molar refractivity (Wildman–Crippen MR) is 62.7 cm³/mol. The third-order valence-electron chi connectivity index (χ3n) is 2.02. The number of aliphatic hydroxyl groups excluding tert-OH is 1. The molecule has 0 aliphatic rings. The van der Waals surface area contributed by atoms with Crippen molar-refractivity contribution in [2.75, 3.05) is 11.9 Å². The Morgan fingerprint density at radius 1 is 1.47 bits per heavy atom. The number of aliphatic hydroxyl groups is 1. The molecule has 0 unspecified atom stereocenters. The molecule has 0 bridgehead atoms. The maximum Gasteiger partial charge on any atom is 0.338 e. The molecular weight excluding hydrogens is 222 g/mol. The van der Waals surface area contributed by atoms with Crippen LogP contribution in [0.15, 0.2) is 24.3 Å². The van der Waals surface area contributed by atoms with Crippen molar-refractivity contribution >= 4 is 17.6 Å². The molecule has 0 heterocycles. The Hall–Kier alpha value is -1.88. The van der Waals surface area contributed by atoms with Crippen LogP contribution >= 0.6 is 0 Å². The van der Waals surface area contributed by atoms with Crippen molar-refractivity contribution < 1.29 is 19.4 Å². The Balaban J connectivity index is 2.79. The molecule has 5 nitrogen and oxygen atoms in total. The minimum absolute atomic E-state index is 0.295. The first-order chi connectivity index (χ1) is 8.04.